The number of ether oxygens (including phenoxy) is 1. The second kappa shape index (κ2) is 10.1. The number of hydrogen-bond donors (Lipinski definition) is 0. The molecule has 0 saturated heterocycles. The summed E-state index contributed by atoms with van der Waals surface area (Å²) >= 11 is 6.65. The summed E-state index contributed by atoms with van der Waals surface area (Å²) in [4.78, 5) is 11.0. The van der Waals surface area contributed by atoms with E-state index in [2.05, 4.69) is 44.9 Å². The van der Waals surface area contributed by atoms with Gasteiger partial charge in [0.15, 0.2) is 0 Å². The third-order valence-corrected chi connectivity index (χ3v) is 2.69. The van der Waals surface area contributed by atoms with Crippen molar-refractivity contribution in [2.45, 2.75) is 33.1 Å². The quantitative estimate of drug-likeness (QED) is 0.496. The summed E-state index contributed by atoms with van der Waals surface area (Å²) < 4.78 is 5.77. The van der Waals surface area contributed by atoms with Gasteiger partial charge in [0.2, 0.25) is 0 Å². The van der Waals surface area contributed by atoms with Gasteiger partial charge in [-0.15, -0.1) is 0 Å². The predicted molar refractivity (Wildman–Crippen MR) is 74.7 cm³/mol. The van der Waals surface area contributed by atoms with E-state index >= 15 is 0 Å². The molecule has 0 aromatic heterocycles. The number of rotatable bonds is 7. The van der Waals surface area contributed by atoms with E-state index < -0.39 is 0 Å². The Balaban J connectivity index is 3.65. The monoisotopic (exact) mass is 352 g/mol. The Morgan fingerprint density at radius 1 is 1.44 bits per heavy atom. The summed E-state index contributed by atoms with van der Waals surface area (Å²) in [5.74, 6) is 0.357. The van der Waals surface area contributed by atoms with Gasteiger partial charge in [0.25, 0.3) is 0 Å². The van der Waals surface area contributed by atoms with E-state index in [9.17, 15) is 4.79 Å². The zero-order valence-electron chi connectivity index (χ0n) is 9.71. The first-order valence-electron chi connectivity index (χ1n) is 5.40. The first-order valence-corrected chi connectivity index (χ1v) is 6.99. The maximum atomic E-state index is 11.0. The summed E-state index contributed by atoms with van der Waals surface area (Å²) in [5.41, 5.74) is 0. The molecule has 0 radical (unpaired) electrons. The predicted octanol–water partition coefficient (Wildman–Crippen LogP) is 4.54. The largest absolute Gasteiger partial charge is 0.463 e. The SMILES string of the molecule is CCOC(=O)/C=C/CC[C@H](C)CC=C(Br)Br. The Kier molecular flexibility index (Phi) is 10.0. The van der Waals surface area contributed by atoms with E-state index in [4.69, 9.17) is 4.74 Å². The summed E-state index contributed by atoms with van der Waals surface area (Å²) in [6.07, 6.45) is 8.49. The lowest BCUT2D eigenvalue weighted by Gasteiger charge is -2.05. The van der Waals surface area contributed by atoms with Crippen molar-refractivity contribution in [2.75, 3.05) is 6.61 Å². The van der Waals surface area contributed by atoms with Gasteiger partial charge in [0.1, 0.15) is 0 Å². The summed E-state index contributed by atoms with van der Waals surface area (Å²) in [7, 11) is 0. The Labute approximate surface area is 114 Å². The molecule has 0 aliphatic heterocycles. The average molecular weight is 354 g/mol. The molecule has 0 aliphatic rings. The number of halogens is 2. The molecule has 2 nitrogen and oxygen atoms in total. The van der Waals surface area contributed by atoms with Crippen LogP contribution >= 0.6 is 31.9 Å². The minimum absolute atomic E-state index is 0.252. The van der Waals surface area contributed by atoms with Gasteiger partial charge in [-0.05, 0) is 64.0 Å². The van der Waals surface area contributed by atoms with Crippen molar-refractivity contribution in [3.05, 3.63) is 21.6 Å². The van der Waals surface area contributed by atoms with Crippen molar-refractivity contribution in [1.82, 2.24) is 0 Å². The molecule has 0 rings (SSSR count). The van der Waals surface area contributed by atoms with Crippen molar-refractivity contribution in [3.8, 4) is 0 Å². The Morgan fingerprint density at radius 2 is 2.12 bits per heavy atom. The Morgan fingerprint density at radius 3 is 2.69 bits per heavy atom. The van der Waals surface area contributed by atoms with Gasteiger partial charge in [-0.25, -0.2) is 4.79 Å². The smallest absolute Gasteiger partial charge is 0.330 e. The van der Waals surface area contributed by atoms with Crippen LogP contribution in [0.25, 0.3) is 0 Å². The third-order valence-electron chi connectivity index (χ3n) is 2.04. The van der Waals surface area contributed by atoms with Crippen LogP contribution < -0.4 is 0 Å². The number of hydrogen-bond acceptors (Lipinski definition) is 2. The minimum atomic E-state index is -0.252. The van der Waals surface area contributed by atoms with Crippen LogP contribution in [-0.4, -0.2) is 12.6 Å². The third kappa shape index (κ3) is 10.4. The zero-order valence-corrected chi connectivity index (χ0v) is 12.9. The van der Waals surface area contributed by atoms with Gasteiger partial charge in [-0.1, -0.05) is 19.1 Å². The Hall–Kier alpha value is -0.0900. The fourth-order valence-electron chi connectivity index (χ4n) is 1.16. The van der Waals surface area contributed by atoms with Crippen molar-refractivity contribution in [2.24, 2.45) is 5.92 Å². The van der Waals surface area contributed by atoms with Gasteiger partial charge in [0.05, 0.1) is 10.00 Å². The van der Waals surface area contributed by atoms with Gasteiger partial charge in [0, 0.05) is 6.08 Å². The molecular formula is C12H18Br2O2. The van der Waals surface area contributed by atoms with Crippen LogP contribution in [0.15, 0.2) is 21.6 Å². The van der Waals surface area contributed by atoms with Gasteiger partial charge in [-0.3, -0.25) is 0 Å². The average Bonchev–Trinajstić information content (AvgIpc) is 2.22. The van der Waals surface area contributed by atoms with Crippen LogP contribution in [0.4, 0.5) is 0 Å². The number of carbonyl (C=O) groups excluding carboxylic acids is 1. The molecule has 16 heavy (non-hydrogen) atoms. The molecular weight excluding hydrogens is 336 g/mol. The van der Waals surface area contributed by atoms with Crippen LogP contribution in [0.1, 0.15) is 33.1 Å². The van der Waals surface area contributed by atoms with E-state index in [1.165, 1.54) is 6.08 Å². The van der Waals surface area contributed by atoms with E-state index in [0.29, 0.717) is 12.5 Å². The van der Waals surface area contributed by atoms with E-state index in [-0.39, 0.29) is 5.97 Å². The fourth-order valence-corrected chi connectivity index (χ4v) is 1.53. The molecule has 0 bridgehead atoms. The molecule has 0 aliphatic carbocycles. The van der Waals surface area contributed by atoms with Crippen LogP contribution in [0.3, 0.4) is 0 Å². The molecule has 92 valence electrons. The van der Waals surface area contributed by atoms with Crippen LogP contribution in [0, 0.1) is 5.92 Å². The van der Waals surface area contributed by atoms with Crippen molar-refractivity contribution in [1.29, 1.82) is 0 Å². The number of carbonyl (C=O) groups is 1. The summed E-state index contributed by atoms with van der Waals surface area (Å²) in [5, 5.41) is 0. The molecule has 0 aromatic carbocycles. The molecule has 0 fully saturated rings. The highest BCUT2D eigenvalue weighted by molar-refractivity contribution is 9.28. The highest BCUT2D eigenvalue weighted by Crippen LogP contribution is 2.18. The van der Waals surface area contributed by atoms with Gasteiger partial charge >= 0.3 is 5.97 Å². The molecule has 0 spiro atoms. The minimum Gasteiger partial charge on any atom is -0.463 e. The maximum absolute atomic E-state index is 11.0. The summed E-state index contributed by atoms with van der Waals surface area (Å²) in [6.45, 7) is 4.43. The second-order valence-electron chi connectivity index (χ2n) is 3.57. The number of allylic oxidation sites excluding steroid dienone is 2. The fraction of sp³-hybridized carbons (Fsp3) is 0.583. The van der Waals surface area contributed by atoms with Gasteiger partial charge in [-0.2, -0.15) is 0 Å². The first-order chi connectivity index (χ1) is 7.56. The topological polar surface area (TPSA) is 26.3 Å². The number of esters is 1. The van der Waals surface area contributed by atoms with Crippen molar-refractivity contribution < 1.29 is 9.53 Å². The van der Waals surface area contributed by atoms with E-state index in [0.717, 1.165) is 22.7 Å². The molecule has 1 atom stereocenters. The molecule has 0 amide bonds. The summed E-state index contributed by atoms with van der Waals surface area (Å²) in [6, 6.07) is 0. The molecule has 0 aromatic rings. The highest BCUT2D eigenvalue weighted by atomic mass is 79.9. The maximum Gasteiger partial charge on any atom is 0.330 e. The molecule has 0 unspecified atom stereocenters. The van der Waals surface area contributed by atoms with Crippen LogP contribution in [0.5, 0.6) is 0 Å². The first kappa shape index (κ1) is 15.9. The molecule has 4 heteroatoms. The molecule has 0 heterocycles. The Bertz CT molecular complexity index is 256. The van der Waals surface area contributed by atoms with E-state index in [1.807, 2.05) is 6.08 Å². The second-order valence-corrected chi connectivity index (χ2v) is 6.34. The molecule has 0 N–H and O–H groups in total. The molecule has 0 saturated carbocycles. The normalized spacial score (nSPS) is 12.5. The lowest BCUT2D eigenvalue weighted by atomic mass is 10.0. The standard InChI is InChI=1S/C12H18Br2O2/c1-3-16-12(15)7-5-4-6-10(2)8-9-11(13)14/h5,7,9-10H,3-4,6,8H2,1-2H3/b7-5+/t10-/m0/s1. The lowest BCUT2D eigenvalue weighted by Crippen LogP contribution is -1.99. The van der Waals surface area contributed by atoms with E-state index in [1.54, 1.807) is 6.92 Å². The van der Waals surface area contributed by atoms with Crippen molar-refractivity contribution >= 4 is 37.8 Å². The highest BCUT2D eigenvalue weighted by Gasteiger charge is 1.99. The van der Waals surface area contributed by atoms with Crippen LogP contribution in [-0.2, 0) is 9.53 Å². The van der Waals surface area contributed by atoms with Crippen LogP contribution in [0.2, 0.25) is 0 Å². The van der Waals surface area contributed by atoms with Crippen molar-refractivity contribution in [3.63, 3.8) is 0 Å². The van der Waals surface area contributed by atoms with Gasteiger partial charge < -0.3 is 4.74 Å². The zero-order chi connectivity index (χ0) is 12.4. The lowest BCUT2D eigenvalue weighted by molar-refractivity contribution is -0.137.